The normalized spacial score (nSPS) is 11.1. The number of ether oxygens (including phenoxy) is 4. The number of nitriles is 3. The van der Waals surface area contributed by atoms with E-state index >= 15 is 0 Å². The molecule has 0 spiro atoms. The van der Waals surface area contributed by atoms with E-state index in [1.54, 1.807) is 115 Å². The van der Waals surface area contributed by atoms with Crippen molar-refractivity contribution in [2.75, 3.05) is 14.2 Å². The van der Waals surface area contributed by atoms with Crippen LogP contribution in [-0.4, -0.2) is 64.4 Å². The maximum atomic E-state index is 13.9. The Labute approximate surface area is 494 Å². The Morgan fingerprint density at radius 1 is 0.512 bits per heavy atom. The van der Waals surface area contributed by atoms with Crippen LogP contribution in [0.3, 0.4) is 0 Å². The maximum absolute atomic E-state index is 13.9. The fourth-order valence-electron chi connectivity index (χ4n) is 7.76. The van der Waals surface area contributed by atoms with Crippen LogP contribution < -0.4 is 24.4 Å². The molecular weight excluding hydrogens is 1260 g/mol. The van der Waals surface area contributed by atoms with E-state index in [0.717, 1.165) is 14.9 Å². The van der Waals surface area contributed by atoms with Gasteiger partial charge >= 0.3 is 18.5 Å². The lowest BCUT2D eigenvalue weighted by molar-refractivity contribution is -0.143. The lowest BCUT2D eigenvalue weighted by atomic mass is 10.1. The average molecular weight is 1290 g/mol. The van der Waals surface area contributed by atoms with Gasteiger partial charge in [-0.3, -0.25) is 9.89 Å². The topological polar surface area (TPSA) is 241 Å². The van der Waals surface area contributed by atoms with Crippen molar-refractivity contribution in [1.82, 2.24) is 50.2 Å². The summed E-state index contributed by atoms with van der Waals surface area (Å²) in [4.78, 5) is 12.6. The van der Waals surface area contributed by atoms with Gasteiger partial charge in [0.15, 0.2) is 28.6 Å². The molecule has 5 aromatic carbocycles. The number of H-pyrrole nitrogens is 1. The zero-order valence-corrected chi connectivity index (χ0v) is 46.3. The molecule has 5 aromatic heterocycles. The van der Waals surface area contributed by atoms with E-state index in [1.165, 1.54) is 80.4 Å². The van der Waals surface area contributed by atoms with Crippen LogP contribution in [-0.2, 0) is 31.7 Å². The molecule has 5 heterocycles. The number of nitrogens with zero attached hydrogens (tertiary/aromatic N) is 12. The second-order valence-corrected chi connectivity index (χ2v) is 18.6. The monoisotopic (exact) mass is 1290 g/mol. The first-order valence-electron chi connectivity index (χ1n) is 24.5. The predicted octanol–water partition coefficient (Wildman–Crippen LogP) is 12.5. The average Bonchev–Trinajstić information content (AvgIpc) is 1.65. The van der Waals surface area contributed by atoms with Crippen molar-refractivity contribution in [3.8, 4) is 86.4 Å². The number of aromatic nitrogens is 10. The zero-order chi connectivity index (χ0) is 61.8. The summed E-state index contributed by atoms with van der Waals surface area (Å²) in [5.74, 6) is 1.14. The lowest BCUT2D eigenvalue weighted by Crippen LogP contribution is -2.25. The van der Waals surface area contributed by atoms with Crippen molar-refractivity contribution < 1.29 is 58.5 Å². The van der Waals surface area contributed by atoms with E-state index in [9.17, 15) is 44.3 Å². The fourth-order valence-corrected chi connectivity index (χ4v) is 8.59. The van der Waals surface area contributed by atoms with Crippen molar-refractivity contribution >= 4 is 22.6 Å². The number of hydrogen-bond donors (Lipinski definition) is 1. The highest BCUT2D eigenvalue weighted by molar-refractivity contribution is 14.1. The Bertz CT molecular complexity index is 4150. The summed E-state index contributed by atoms with van der Waals surface area (Å²) in [7, 11) is 3.08. The Balaban J connectivity index is 0.000000170. The molecule has 10 aromatic rings. The van der Waals surface area contributed by atoms with Crippen molar-refractivity contribution in [3.63, 3.8) is 0 Å². The zero-order valence-electron chi connectivity index (χ0n) is 44.1. The molecular formula is C58H37F9IN13O5. The third-order valence-corrected chi connectivity index (χ3v) is 13.0. The number of aromatic amines is 1. The lowest BCUT2D eigenvalue weighted by Gasteiger charge is -2.19. The van der Waals surface area contributed by atoms with Crippen LogP contribution in [0.1, 0.15) is 44.9 Å². The summed E-state index contributed by atoms with van der Waals surface area (Å²) < 4.78 is 145. The van der Waals surface area contributed by atoms with Crippen molar-refractivity contribution in [3.05, 3.63) is 217 Å². The largest absolute Gasteiger partial charge is 0.497 e. The first-order chi connectivity index (χ1) is 41.1. The second-order valence-electron chi connectivity index (χ2n) is 17.5. The Morgan fingerprint density at radius 3 is 1.29 bits per heavy atom. The summed E-state index contributed by atoms with van der Waals surface area (Å²) in [6.07, 6.45) is -9.02. The molecule has 0 radical (unpaired) electrons. The third kappa shape index (κ3) is 14.6. The van der Waals surface area contributed by atoms with Gasteiger partial charge in [0, 0.05) is 41.5 Å². The van der Waals surface area contributed by atoms with Crippen LogP contribution in [0.15, 0.2) is 163 Å². The molecule has 0 atom stereocenters. The van der Waals surface area contributed by atoms with E-state index in [1.807, 2.05) is 23.3 Å². The van der Waals surface area contributed by atoms with Gasteiger partial charge in [0.1, 0.15) is 53.2 Å². The van der Waals surface area contributed by atoms with E-state index in [2.05, 4.69) is 35.7 Å². The molecule has 28 heteroatoms. The van der Waals surface area contributed by atoms with E-state index < -0.39 is 46.7 Å². The summed E-state index contributed by atoms with van der Waals surface area (Å²) in [6.45, 7) is -0.00318. The van der Waals surface area contributed by atoms with Gasteiger partial charge in [-0.2, -0.15) is 70.6 Å². The van der Waals surface area contributed by atoms with Crippen LogP contribution in [0.25, 0.3) is 45.1 Å². The molecule has 1 N–H and O–H groups in total. The van der Waals surface area contributed by atoms with E-state index in [-0.39, 0.29) is 56.6 Å². The summed E-state index contributed by atoms with van der Waals surface area (Å²) >= 11 is 1.57. The highest BCUT2D eigenvalue weighted by Gasteiger charge is 2.41. The van der Waals surface area contributed by atoms with Gasteiger partial charge in [0.2, 0.25) is 5.43 Å². The third-order valence-electron chi connectivity index (χ3n) is 12.0. The number of halogens is 10. The summed E-state index contributed by atoms with van der Waals surface area (Å²) in [6, 6.07) is 41.0. The molecule has 10 rings (SSSR count). The van der Waals surface area contributed by atoms with E-state index in [0.29, 0.717) is 44.9 Å². The number of nitrogens with one attached hydrogen (secondary N) is 1. The number of benzene rings is 5. The van der Waals surface area contributed by atoms with Gasteiger partial charge in [-0.05, 0) is 107 Å². The molecule has 0 fully saturated rings. The molecule has 0 saturated carbocycles. The smallest absolute Gasteiger partial charge is 0.437 e. The minimum atomic E-state index is -4.80. The molecule has 86 heavy (non-hydrogen) atoms. The van der Waals surface area contributed by atoms with Gasteiger partial charge < -0.3 is 18.9 Å². The molecule has 0 amide bonds. The summed E-state index contributed by atoms with van der Waals surface area (Å²) in [5, 5.41) is 54.3. The number of hydrogen-bond acceptors (Lipinski definition) is 15. The predicted molar refractivity (Wildman–Crippen MR) is 296 cm³/mol. The van der Waals surface area contributed by atoms with Crippen LogP contribution in [0.5, 0.6) is 23.0 Å². The molecule has 0 bridgehead atoms. The standard InChI is InChI=1S/C23H16F3N5O2.C20H13F3IN3O2.C15H8F3N5O/c1-32-18-9-5-16(6-10-18)14-33-21-19(17-7-3-15(13-27)4-8-17)29-30-22(23(24,25)26)20(21)31-12-2-11-28-31;1-28-15-8-4-13(5-9-15)11-29-18-16(24)19(20(21,22)23)27-26-17(18)14-6-2-12(10-25)3-7-14;16-15(17,18)14-12(23-7-1-6-20-23)13(24)11(21-22-14)10-4-2-9(8-19)3-5-10/h2-12H,14H2,1H3;2-9H,11H2,1H3;1-7H,(H,22,24). The summed E-state index contributed by atoms with van der Waals surface area (Å²) in [5.41, 5.74) is -1.68. The highest BCUT2D eigenvalue weighted by atomic mass is 127. The second kappa shape index (κ2) is 26.7. The number of rotatable bonds is 13. The molecule has 0 aliphatic heterocycles. The molecule has 0 aliphatic rings. The first kappa shape index (κ1) is 61.4. The van der Waals surface area contributed by atoms with Gasteiger partial charge in [-0.15, -0.1) is 20.4 Å². The minimum absolute atomic E-state index is 0.0200. The molecule has 434 valence electrons. The molecule has 18 nitrogen and oxygen atoms in total. The number of alkyl halides is 9. The van der Waals surface area contributed by atoms with Gasteiger partial charge in [-0.25, -0.2) is 9.36 Å². The van der Waals surface area contributed by atoms with E-state index in [4.69, 9.17) is 34.7 Å². The van der Waals surface area contributed by atoms with Crippen LogP contribution in [0.2, 0.25) is 0 Å². The van der Waals surface area contributed by atoms with Gasteiger partial charge in [0.25, 0.3) is 0 Å². The van der Waals surface area contributed by atoms with Crippen molar-refractivity contribution in [2.45, 2.75) is 31.7 Å². The van der Waals surface area contributed by atoms with Gasteiger partial charge in [-0.1, -0.05) is 60.7 Å². The highest BCUT2D eigenvalue weighted by Crippen LogP contribution is 2.43. The van der Waals surface area contributed by atoms with Crippen LogP contribution in [0.4, 0.5) is 39.5 Å². The van der Waals surface area contributed by atoms with Crippen LogP contribution in [0, 0.1) is 37.6 Å². The number of methoxy groups -OCH3 is 2. The quantitative estimate of drug-likeness (QED) is 0.0833. The van der Waals surface area contributed by atoms with Crippen molar-refractivity contribution in [2.24, 2.45) is 0 Å². The Kier molecular flexibility index (Phi) is 19.1. The van der Waals surface area contributed by atoms with Gasteiger partial charge in [0.05, 0.1) is 52.7 Å². The SMILES string of the molecule is COc1ccc(COc2c(-c3ccc(C#N)cc3)nnc(C(F)(F)F)c2-n2cccn2)cc1.COc1ccc(COc2c(-c3ccc(C#N)cc3)nnc(C(F)(F)F)c2I)cc1.N#Cc1ccc(-c2n[nH]c(C(F)(F)F)c(-n3cccn3)c2=O)cc1. The maximum Gasteiger partial charge on any atom is 0.437 e. The van der Waals surface area contributed by atoms with Crippen molar-refractivity contribution in [1.29, 1.82) is 15.8 Å². The minimum Gasteiger partial charge on any atom is -0.497 e. The molecule has 0 aliphatic carbocycles. The molecule has 0 unspecified atom stereocenters. The molecule has 0 saturated heterocycles. The first-order valence-corrected chi connectivity index (χ1v) is 25.6. The van der Waals surface area contributed by atoms with Crippen LogP contribution >= 0.6 is 22.6 Å². The fraction of sp³-hybridized carbons (Fsp3) is 0.121. The Morgan fingerprint density at radius 2 is 0.907 bits per heavy atom. The Hall–Kier alpha value is -10.7.